The number of halogens is 1. The summed E-state index contributed by atoms with van der Waals surface area (Å²) in [5.41, 5.74) is -0.253. The molecule has 0 aromatic carbocycles. The summed E-state index contributed by atoms with van der Waals surface area (Å²) in [6, 6.07) is 0. The molecule has 19 heavy (non-hydrogen) atoms. The minimum Gasteiger partial charge on any atom is -0.381 e. The van der Waals surface area contributed by atoms with Crippen molar-refractivity contribution in [1.82, 2.24) is 9.55 Å². The molecule has 1 aromatic heterocycles. The lowest BCUT2D eigenvalue weighted by Gasteiger charge is -2.22. The Bertz CT molecular complexity index is 556. The zero-order valence-corrected chi connectivity index (χ0v) is 12.0. The minimum atomic E-state index is -0.440. The van der Waals surface area contributed by atoms with Crippen LogP contribution in [0.5, 0.6) is 0 Å². The van der Waals surface area contributed by atoms with Gasteiger partial charge in [0.1, 0.15) is 5.15 Å². The Labute approximate surface area is 116 Å². The molecule has 106 valence electrons. The molecule has 0 bridgehead atoms. The van der Waals surface area contributed by atoms with E-state index in [4.69, 9.17) is 16.3 Å². The maximum Gasteiger partial charge on any atom is 0.329 e. The van der Waals surface area contributed by atoms with E-state index in [0.717, 1.165) is 19.4 Å². The van der Waals surface area contributed by atoms with Crippen LogP contribution in [0.2, 0.25) is 5.15 Å². The number of ether oxygens (including phenoxy) is 1. The lowest BCUT2D eigenvalue weighted by Crippen LogP contribution is -2.40. The van der Waals surface area contributed by atoms with Crippen LogP contribution in [0.15, 0.2) is 9.59 Å². The van der Waals surface area contributed by atoms with Crippen molar-refractivity contribution < 1.29 is 4.74 Å². The lowest BCUT2D eigenvalue weighted by atomic mass is 10.0. The Hall–Kier alpha value is -1.07. The molecule has 0 aliphatic carbocycles. The van der Waals surface area contributed by atoms with Gasteiger partial charge < -0.3 is 4.74 Å². The van der Waals surface area contributed by atoms with Gasteiger partial charge in [0.15, 0.2) is 0 Å². The number of nitrogens with zero attached hydrogens (tertiary/aromatic N) is 1. The average molecular weight is 287 g/mol. The maximum atomic E-state index is 12.3. The number of nitrogens with one attached hydrogen (secondary N) is 1. The van der Waals surface area contributed by atoms with Crippen molar-refractivity contribution >= 4 is 11.6 Å². The number of H-pyrrole nitrogens is 1. The summed E-state index contributed by atoms with van der Waals surface area (Å²) in [4.78, 5) is 26.8. The topological polar surface area (TPSA) is 64.1 Å². The van der Waals surface area contributed by atoms with E-state index in [1.807, 2.05) is 13.8 Å². The van der Waals surface area contributed by atoms with Gasteiger partial charge in [0.25, 0.3) is 5.56 Å². The fraction of sp³-hybridized carbons (Fsp3) is 0.692. The molecule has 6 heteroatoms. The molecule has 0 spiro atoms. The van der Waals surface area contributed by atoms with E-state index in [0.29, 0.717) is 18.7 Å². The predicted molar refractivity (Wildman–Crippen MR) is 74.0 cm³/mol. The molecular weight excluding hydrogens is 268 g/mol. The summed E-state index contributed by atoms with van der Waals surface area (Å²) < 4.78 is 6.63. The molecule has 2 heterocycles. The van der Waals surface area contributed by atoms with Crippen LogP contribution in [0.1, 0.15) is 38.2 Å². The zero-order valence-electron chi connectivity index (χ0n) is 11.2. The van der Waals surface area contributed by atoms with E-state index in [1.54, 1.807) is 0 Å². The highest BCUT2D eigenvalue weighted by Gasteiger charge is 2.20. The summed E-state index contributed by atoms with van der Waals surface area (Å²) >= 11 is 5.95. The van der Waals surface area contributed by atoms with Crippen LogP contribution in [0.25, 0.3) is 0 Å². The standard InChI is InChI=1S/C13H19ClN2O3/c1-8(2)10-11(14)15-13(18)16(12(10)17)6-9-4-3-5-19-7-9/h8-9H,3-7H2,1-2H3,(H,15,18). The Morgan fingerprint density at radius 3 is 2.79 bits per heavy atom. The van der Waals surface area contributed by atoms with Gasteiger partial charge in [-0.1, -0.05) is 25.4 Å². The molecule has 0 saturated carbocycles. The van der Waals surface area contributed by atoms with Crippen molar-refractivity contribution in [2.45, 2.75) is 39.2 Å². The van der Waals surface area contributed by atoms with Crippen LogP contribution < -0.4 is 11.2 Å². The molecule has 1 aromatic rings. The first kappa shape index (κ1) is 14.3. The van der Waals surface area contributed by atoms with E-state index >= 15 is 0 Å². The molecular formula is C13H19ClN2O3. The molecule has 1 N–H and O–H groups in total. The zero-order chi connectivity index (χ0) is 14.0. The summed E-state index contributed by atoms with van der Waals surface area (Å²) in [6.45, 7) is 5.53. The van der Waals surface area contributed by atoms with Gasteiger partial charge in [0.2, 0.25) is 0 Å². The molecule has 1 atom stereocenters. The van der Waals surface area contributed by atoms with Crippen molar-refractivity contribution in [1.29, 1.82) is 0 Å². The van der Waals surface area contributed by atoms with E-state index in [9.17, 15) is 9.59 Å². The van der Waals surface area contributed by atoms with Gasteiger partial charge in [-0.15, -0.1) is 0 Å². The van der Waals surface area contributed by atoms with Crippen LogP contribution in [-0.2, 0) is 11.3 Å². The Balaban J connectivity index is 2.37. The fourth-order valence-electron chi connectivity index (χ4n) is 2.44. The Morgan fingerprint density at radius 2 is 2.21 bits per heavy atom. The number of aromatic nitrogens is 2. The second kappa shape index (κ2) is 5.92. The predicted octanol–water partition coefficient (Wildman–Crippen LogP) is 1.74. The summed E-state index contributed by atoms with van der Waals surface area (Å²) in [5, 5.41) is 0.154. The van der Waals surface area contributed by atoms with Gasteiger partial charge in [-0.2, -0.15) is 0 Å². The summed E-state index contributed by atoms with van der Waals surface area (Å²) in [6.07, 6.45) is 1.95. The van der Waals surface area contributed by atoms with E-state index in [2.05, 4.69) is 4.98 Å². The van der Waals surface area contributed by atoms with Crippen molar-refractivity contribution in [2.75, 3.05) is 13.2 Å². The van der Waals surface area contributed by atoms with Gasteiger partial charge in [-0.3, -0.25) is 14.3 Å². The second-order valence-electron chi connectivity index (χ2n) is 5.31. The summed E-state index contributed by atoms with van der Waals surface area (Å²) in [5.74, 6) is 0.194. The quantitative estimate of drug-likeness (QED) is 0.861. The number of rotatable bonds is 3. The number of hydrogen-bond donors (Lipinski definition) is 1. The monoisotopic (exact) mass is 286 g/mol. The summed E-state index contributed by atoms with van der Waals surface area (Å²) in [7, 11) is 0. The van der Waals surface area contributed by atoms with E-state index in [-0.39, 0.29) is 22.5 Å². The van der Waals surface area contributed by atoms with Crippen LogP contribution in [0.3, 0.4) is 0 Å². The highest BCUT2D eigenvalue weighted by atomic mass is 35.5. The first-order chi connectivity index (χ1) is 9.00. The smallest absolute Gasteiger partial charge is 0.329 e. The van der Waals surface area contributed by atoms with Crippen LogP contribution >= 0.6 is 11.6 Å². The van der Waals surface area contributed by atoms with Crippen molar-refractivity contribution in [3.63, 3.8) is 0 Å². The number of hydrogen-bond acceptors (Lipinski definition) is 3. The van der Waals surface area contributed by atoms with Gasteiger partial charge in [0.05, 0.1) is 12.2 Å². The molecule has 1 saturated heterocycles. The van der Waals surface area contributed by atoms with Gasteiger partial charge in [-0.25, -0.2) is 4.79 Å². The van der Waals surface area contributed by atoms with E-state index in [1.165, 1.54) is 4.57 Å². The Morgan fingerprint density at radius 1 is 1.47 bits per heavy atom. The fourth-order valence-corrected chi connectivity index (χ4v) is 2.82. The molecule has 1 aliphatic heterocycles. The highest BCUT2D eigenvalue weighted by molar-refractivity contribution is 6.30. The lowest BCUT2D eigenvalue weighted by molar-refractivity contribution is 0.0474. The number of aromatic amines is 1. The van der Waals surface area contributed by atoms with E-state index < -0.39 is 5.69 Å². The maximum absolute atomic E-state index is 12.3. The average Bonchev–Trinajstić information content (AvgIpc) is 2.35. The van der Waals surface area contributed by atoms with Gasteiger partial charge in [0, 0.05) is 19.1 Å². The third-order valence-electron chi connectivity index (χ3n) is 3.45. The minimum absolute atomic E-state index is 0.0225. The van der Waals surface area contributed by atoms with Crippen molar-refractivity contribution in [3.05, 3.63) is 31.6 Å². The van der Waals surface area contributed by atoms with Gasteiger partial charge >= 0.3 is 5.69 Å². The molecule has 0 radical (unpaired) electrons. The third-order valence-corrected chi connectivity index (χ3v) is 3.74. The van der Waals surface area contributed by atoms with Crippen molar-refractivity contribution in [2.24, 2.45) is 5.92 Å². The SMILES string of the molecule is CC(C)c1c(Cl)[nH]c(=O)n(CC2CCCOC2)c1=O. The van der Waals surface area contributed by atoms with Crippen LogP contribution in [-0.4, -0.2) is 22.8 Å². The van der Waals surface area contributed by atoms with Crippen LogP contribution in [0.4, 0.5) is 0 Å². The largest absolute Gasteiger partial charge is 0.381 e. The Kier molecular flexibility index (Phi) is 4.47. The first-order valence-electron chi connectivity index (χ1n) is 6.61. The normalized spacial score (nSPS) is 19.9. The van der Waals surface area contributed by atoms with Crippen LogP contribution in [0, 0.1) is 5.92 Å². The molecule has 0 amide bonds. The van der Waals surface area contributed by atoms with Gasteiger partial charge in [-0.05, 0) is 18.8 Å². The molecule has 5 nitrogen and oxygen atoms in total. The molecule has 1 aliphatic rings. The second-order valence-corrected chi connectivity index (χ2v) is 5.69. The van der Waals surface area contributed by atoms with Crippen molar-refractivity contribution in [3.8, 4) is 0 Å². The molecule has 1 unspecified atom stereocenters. The highest BCUT2D eigenvalue weighted by Crippen LogP contribution is 2.18. The molecule has 1 fully saturated rings. The first-order valence-corrected chi connectivity index (χ1v) is 6.98. The third kappa shape index (κ3) is 3.09. The molecule has 2 rings (SSSR count).